The van der Waals surface area contributed by atoms with E-state index >= 15 is 0 Å². The van der Waals surface area contributed by atoms with Gasteiger partial charge in [0, 0.05) is 18.2 Å². The number of nitrogens with zero attached hydrogens (tertiary/aromatic N) is 3. The van der Waals surface area contributed by atoms with Crippen molar-refractivity contribution in [2.24, 2.45) is 0 Å². The maximum Gasteiger partial charge on any atom is 0.224 e. The first-order valence-electron chi connectivity index (χ1n) is 9.54. The van der Waals surface area contributed by atoms with E-state index in [1.54, 1.807) is 12.1 Å². The van der Waals surface area contributed by atoms with E-state index < -0.39 is 0 Å². The number of anilines is 1. The number of nitrogens with one attached hydrogen (secondary N) is 1. The van der Waals surface area contributed by atoms with Gasteiger partial charge in [-0.1, -0.05) is 38.7 Å². The van der Waals surface area contributed by atoms with Crippen LogP contribution in [0.3, 0.4) is 0 Å². The van der Waals surface area contributed by atoms with E-state index in [4.69, 9.17) is 0 Å². The molecular formula is C21H26N4O2. The molecule has 0 saturated heterocycles. The second-order valence-corrected chi connectivity index (χ2v) is 6.90. The van der Waals surface area contributed by atoms with Crippen molar-refractivity contribution in [3.05, 3.63) is 42.0 Å². The topological polar surface area (TPSA) is 80.0 Å². The summed E-state index contributed by atoms with van der Waals surface area (Å²) in [6.45, 7) is 4.17. The molecule has 0 radical (unpaired) electrons. The fraction of sp³-hybridized carbons (Fsp3) is 0.381. The second kappa shape index (κ2) is 8.66. The summed E-state index contributed by atoms with van der Waals surface area (Å²) >= 11 is 0. The minimum absolute atomic E-state index is 0.0211. The van der Waals surface area contributed by atoms with Gasteiger partial charge in [-0.25, -0.2) is 0 Å². The van der Waals surface area contributed by atoms with Gasteiger partial charge in [-0.2, -0.15) is 0 Å². The summed E-state index contributed by atoms with van der Waals surface area (Å²) in [6.07, 6.45) is 6.04. The molecule has 0 aliphatic rings. The van der Waals surface area contributed by atoms with Gasteiger partial charge in [-0.05, 0) is 43.2 Å². The molecule has 3 aromatic rings. The summed E-state index contributed by atoms with van der Waals surface area (Å²) in [7, 11) is 0. The SMILES string of the molecule is CCCCCCCC(=O)Nc1ccc(-n2nc3ccc(C)cc3n2)c(O)c1. The van der Waals surface area contributed by atoms with Gasteiger partial charge in [0.15, 0.2) is 0 Å². The smallest absolute Gasteiger partial charge is 0.224 e. The summed E-state index contributed by atoms with van der Waals surface area (Å²) in [5.74, 6) is -0.00940. The number of unbranched alkanes of at least 4 members (excludes halogenated alkanes) is 4. The Labute approximate surface area is 159 Å². The van der Waals surface area contributed by atoms with Crippen LogP contribution in [-0.4, -0.2) is 26.0 Å². The summed E-state index contributed by atoms with van der Waals surface area (Å²) in [5.41, 5.74) is 3.69. The molecule has 2 N–H and O–H groups in total. The van der Waals surface area contributed by atoms with E-state index in [9.17, 15) is 9.90 Å². The molecule has 0 aliphatic heterocycles. The number of benzene rings is 2. The Morgan fingerprint density at radius 2 is 1.81 bits per heavy atom. The van der Waals surface area contributed by atoms with E-state index in [2.05, 4.69) is 22.4 Å². The van der Waals surface area contributed by atoms with Crippen LogP contribution in [0.15, 0.2) is 36.4 Å². The standard InChI is InChI=1S/C21H26N4O2/c1-3-4-5-6-7-8-21(27)22-16-10-12-19(20(26)14-16)25-23-17-11-9-15(2)13-18(17)24-25/h9-14,26H,3-8H2,1-2H3,(H,22,27). The number of carbonyl (C=O) groups is 1. The highest BCUT2D eigenvalue weighted by Gasteiger charge is 2.11. The molecule has 0 atom stereocenters. The van der Waals surface area contributed by atoms with Crippen molar-refractivity contribution in [3.63, 3.8) is 0 Å². The highest BCUT2D eigenvalue weighted by molar-refractivity contribution is 5.91. The van der Waals surface area contributed by atoms with Gasteiger partial charge in [0.05, 0.1) is 0 Å². The lowest BCUT2D eigenvalue weighted by Gasteiger charge is -2.08. The molecule has 6 heteroatoms. The third kappa shape index (κ3) is 4.84. The average molecular weight is 366 g/mol. The Hall–Kier alpha value is -2.89. The highest BCUT2D eigenvalue weighted by atomic mass is 16.3. The van der Waals surface area contributed by atoms with Crippen LogP contribution in [0.5, 0.6) is 5.75 Å². The van der Waals surface area contributed by atoms with Crippen LogP contribution in [-0.2, 0) is 4.79 Å². The summed E-state index contributed by atoms with van der Waals surface area (Å²) in [4.78, 5) is 13.5. The van der Waals surface area contributed by atoms with Crippen molar-refractivity contribution in [1.29, 1.82) is 0 Å². The van der Waals surface area contributed by atoms with E-state index in [1.807, 2.05) is 25.1 Å². The van der Waals surface area contributed by atoms with Crippen LogP contribution in [0.2, 0.25) is 0 Å². The molecular weight excluding hydrogens is 340 g/mol. The zero-order chi connectivity index (χ0) is 19.2. The zero-order valence-electron chi connectivity index (χ0n) is 15.9. The Morgan fingerprint density at radius 1 is 1.04 bits per heavy atom. The highest BCUT2D eigenvalue weighted by Crippen LogP contribution is 2.26. The quantitative estimate of drug-likeness (QED) is 0.565. The molecule has 0 aliphatic carbocycles. The van der Waals surface area contributed by atoms with Gasteiger partial charge >= 0.3 is 0 Å². The molecule has 1 aromatic heterocycles. The van der Waals surface area contributed by atoms with E-state index in [0.29, 0.717) is 17.8 Å². The molecule has 2 aromatic carbocycles. The van der Waals surface area contributed by atoms with E-state index in [1.165, 1.54) is 30.1 Å². The van der Waals surface area contributed by atoms with E-state index in [0.717, 1.165) is 29.4 Å². The number of aryl methyl sites for hydroxylation is 1. The average Bonchev–Trinajstić information content (AvgIpc) is 3.04. The van der Waals surface area contributed by atoms with Crippen molar-refractivity contribution in [1.82, 2.24) is 15.0 Å². The molecule has 1 amide bonds. The predicted molar refractivity (Wildman–Crippen MR) is 107 cm³/mol. The number of fused-ring (bicyclic) bond motifs is 1. The van der Waals surface area contributed by atoms with Crippen molar-refractivity contribution < 1.29 is 9.90 Å². The number of hydrogen-bond donors (Lipinski definition) is 2. The molecule has 27 heavy (non-hydrogen) atoms. The Balaban J connectivity index is 1.65. The molecule has 1 heterocycles. The first kappa shape index (κ1) is 18.9. The predicted octanol–water partition coefficient (Wildman–Crippen LogP) is 4.73. The summed E-state index contributed by atoms with van der Waals surface area (Å²) in [5, 5.41) is 22.0. The third-order valence-corrected chi connectivity index (χ3v) is 4.52. The van der Waals surface area contributed by atoms with Gasteiger partial charge in [-0.15, -0.1) is 15.0 Å². The third-order valence-electron chi connectivity index (χ3n) is 4.52. The van der Waals surface area contributed by atoms with Gasteiger partial charge in [0.2, 0.25) is 5.91 Å². The number of rotatable bonds is 8. The summed E-state index contributed by atoms with van der Waals surface area (Å²) in [6, 6.07) is 10.8. The summed E-state index contributed by atoms with van der Waals surface area (Å²) < 4.78 is 0. The zero-order valence-corrected chi connectivity index (χ0v) is 15.9. The van der Waals surface area contributed by atoms with Crippen molar-refractivity contribution in [2.75, 3.05) is 5.32 Å². The largest absolute Gasteiger partial charge is 0.506 e. The van der Waals surface area contributed by atoms with Gasteiger partial charge in [-0.3, -0.25) is 4.79 Å². The van der Waals surface area contributed by atoms with Crippen molar-refractivity contribution in [3.8, 4) is 11.4 Å². The molecule has 0 unspecified atom stereocenters. The second-order valence-electron chi connectivity index (χ2n) is 6.90. The first-order chi connectivity index (χ1) is 13.1. The van der Waals surface area contributed by atoms with E-state index in [-0.39, 0.29) is 11.7 Å². The number of hydrogen-bond acceptors (Lipinski definition) is 4. The normalized spacial score (nSPS) is 11.0. The molecule has 3 rings (SSSR count). The number of aromatic hydroxyl groups is 1. The Morgan fingerprint density at radius 3 is 2.59 bits per heavy atom. The van der Waals surface area contributed by atoms with Crippen LogP contribution in [0, 0.1) is 6.92 Å². The van der Waals surface area contributed by atoms with Crippen LogP contribution in [0.25, 0.3) is 16.7 Å². The van der Waals surface area contributed by atoms with Gasteiger partial charge in [0.1, 0.15) is 22.5 Å². The number of phenols is 1. The van der Waals surface area contributed by atoms with Crippen LogP contribution in [0.1, 0.15) is 51.0 Å². The minimum atomic E-state index is -0.0305. The number of carbonyl (C=O) groups excluding carboxylic acids is 1. The van der Waals surface area contributed by atoms with Gasteiger partial charge < -0.3 is 10.4 Å². The van der Waals surface area contributed by atoms with Crippen LogP contribution < -0.4 is 5.32 Å². The first-order valence-corrected chi connectivity index (χ1v) is 9.54. The van der Waals surface area contributed by atoms with Crippen LogP contribution in [0.4, 0.5) is 5.69 Å². The lowest BCUT2D eigenvalue weighted by Crippen LogP contribution is -2.11. The minimum Gasteiger partial charge on any atom is -0.506 e. The molecule has 0 spiro atoms. The fourth-order valence-corrected chi connectivity index (χ4v) is 3.02. The molecule has 0 saturated carbocycles. The number of amides is 1. The lowest BCUT2D eigenvalue weighted by molar-refractivity contribution is -0.116. The molecule has 0 fully saturated rings. The van der Waals surface area contributed by atoms with Crippen LogP contribution >= 0.6 is 0 Å². The number of aromatic nitrogens is 3. The van der Waals surface area contributed by atoms with Gasteiger partial charge in [0.25, 0.3) is 0 Å². The molecule has 6 nitrogen and oxygen atoms in total. The Kier molecular flexibility index (Phi) is 6.06. The molecule has 0 bridgehead atoms. The fourth-order valence-electron chi connectivity index (χ4n) is 3.02. The lowest BCUT2D eigenvalue weighted by atomic mass is 10.1. The van der Waals surface area contributed by atoms with Crippen molar-refractivity contribution in [2.45, 2.75) is 52.4 Å². The monoisotopic (exact) mass is 366 g/mol. The number of phenolic OH excluding ortho intramolecular Hbond substituents is 1. The molecule has 142 valence electrons. The Bertz CT molecular complexity index is 933. The van der Waals surface area contributed by atoms with Crippen molar-refractivity contribution >= 4 is 22.6 Å². The maximum absolute atomic E-state index is 12.0. The maximum atomic E-state index is 12.0.